The summed E-state index contributed by atoms with van der Waals surface area (Å²) in [4.78, 5) is 4.54. The van der Waals surface area contributed by atoms with Gasteiger partial charge in [0.15, 0.2) is 10.5 Å². The molecule has 1 unspecified atom stereocenters. The van der Waals surface area contributed by atoms with Crippen molar-refractivity contribution >= 4 is 15.9 Å². The standard InChI is InChI=1S/C12H14BrN3O/c1-7-2-5-10(17-7)11-9-4-3-8(14)6-16(9)12(13)15-11/h2,5,8H,3-4,6,14H2,1H3. The van der Waals surface area contributed by atoms with Gasteiger partial charge in [0, 0.05) is 18.3 Å². The highest BCUT2D eigenvalue weighted by atomic mass is 79.9. The van der Waals surface area contributed by atoms with E-state index in [1.165, 1.54) is 5.69 Å². The minimum atomic E-state index is 0.221. The van der Waals surface area contributed by atoms with Crippen molar-refractivity contribution < 1.29 is 4.42 Å². The molecule has 17 heavy (non-hydrogen) atoms. The van der Waals surface area contributed by atoms with Crippen LogP contribution in [0, 0.1) is 6.92 Å². The number of imidazole rings is 1. The van der Waals surface area contributed by atoms with Gasteiger partial charge in [-0.2, -0.15) is 0 Å². The van der Waals surface area contributed by atoms with Gasteiger partial charge in [0.05, 0.1) is 0 Å². The van der Waals surface area contributed by atoms with Gasteiger partial charge in [0.1, 0.15) is 11.5 Å². The van der Waals surface area contributed by atoms with E-state index in [1.807, 2.05) is 19.1 Å². The first-order valence-electron chi connectivity index (χ1n) is 5.72. The molecule has 0 amide bonds. The summed E-state index contributed by atoms with van der Waals surface area (Å²) < 4.78 is 8.63. The Labute approximate surface area is 108 Å². The Balaban J connectivity index is 2.10. The predicted molar refractivity (Wildman–Crippen MR) is 68.7 cm³/mol. The SMILES string of the molecule is Cc1ccc(-c2nc(Br)n3c2CCC(N)C3)o1. The molecule has 0 bridgehead atoms. The Kier molecular flexibility index (Phi) is 2.60. The first-order chi connectivity index (χ1) is 8.15. The molecule has 5 heteroatoms. The summed E-state index contributed by atoms with van der Waals surface area (Å²) in [7, 11) is 0. The van der Waals surface area contributed by atoms with Crippen LogP contribution in [0.3, 0.4) is 0 Å². The van der Waals surface area contributed by atoms with Gasteiger partial charge in [-0.05, 0) is 47.8 Å². The van der Waals surface area contributed by atoms with Crippen molar-refractivity contribution in [1.29, 1.82) is 0 Å². The van der Waals surface area contributed by atoms with E-state index in [0.717, 1.165) is 41.3 Å². The van der Waals surface area contributed by atoms with Crippen LogP contribution in [0.4, 0.5) is 0 Å². The lowest BCUT2D eigenvalue weighted by Gasteiger charge is -2.21. The van der Waals surface area contributed by atoms with E-state index in [-0.39, 0.29) is 6.04 Å². The lowest BCUT2D eigenvalue weighted by molar-refractivity contribution is 0.454. The fraction of sp³-hybridized carbons (Fsp3) is 0.417. The molecule has 0 saturated heterocycles. The number of nitrogens with two attached hydrogens (primary N) is 1. The number of hydrogen-bond donors (Lipinski definition) is 1. The smallest absolute Gasteiger partial charge is 0.178 e. The van der Waals surface area contributed by atoms with Crippen molar-refractivity contribution in [1.82, 2.24) is 9.55 Å². The third-order valence-corrected chi connectivity index (χ3v) is 3.77. The summed E-state index contributed by atoms with van der Waals surface area (Å²) in [6, 6.07) is 4.16. The van der Waals surface area contributed by atoms with E-state index in [0.29, 0.717) is 0 Å². The molecular formula is C12H14BrN3O. The molecule has 0 fully saturated rings. The van der Waals surface area contributed by atoms with E-state index >= 15 is 0 Å². The molecule has 0 aromatic carbocycles. The van der Waals surface area contributed by atoms with E-state index in [2.05, 4.69) is 25.5 Å². The predicted octanol–water partition coefficient (Wildman–Crippen LogP) is 2.49. The summed E-state index contributed by atoms with van der Waals surface area (Å²) in [5.74, 6) is 1.75. The Morgan fingerprint density at radius 2 is 2.35 bits per heavy atom. The first-order valence-corrected chi connectivity index (χ1v) is 6.51. The molecule has 0 saturated carbocycles. The number of rotatable bonds is 1. The number of fused-ring (bicyclic) bond motifs is 1. The van der Waals surface area contributed by atoms with Gasteiger partial charge >= 0.3 is 0 Å². The molecule has 0 radical (unpaired) electrons. The molecule has 0 spiro atoms. The molecule has 2 aromatic rings. The highest BCUT2D eigenvalue weighted by Crippen LogP contribution is 2.31. The van der Waals surface area contributed by atoms with Crippen LogP contribution in [0.15, 0.2) is 21.3 Å². The molecule has 1 aliphatic heterocycles. The number of aromatic nitrogens is 2. The van der Waals surface area contributed by atoms with Gasteiger partial charge in [-0.15, -0.1) is 0 Å². The highest BCUT2D eigenvalue weighted by molar-refractivity contribution is 9.10. The van der Waals surface area contributed by atoms with Crippen LogP contribution in [0.2, 0.25) is 0 Å². The molecule has 90 valence electrons. The Morgan fingerprint density at radius 1 is 1.53 bits per heavy atom. The number of furan rings is 1. The second kappa shape index (κ2) is 3.99. The van der Waals surface area contributed by atoms with Crippen molar-refractivity contribution in [3.8, 4) is 11.5 Å². The second-order valence-electron chi connectivity index (χ2n) is 4.50. The van der Waals surface area contributed by atoms with Crippen LogP contribution in [-0.2, 0) is 13.0 Å². The third kappa shape index (κ3) is 1.83. The maximum atomic E-state index is 5.98. The first kappa shape index (κ1) is 11.0. The maximum Gasteiger partial charge on any atom is 0.178 e. The van der Waals surface area contributed by atoms with Gasteiger partial charge < -0.3 is 14.7 Å². The Hall–Kier alpha value is -1.07. The average molecular weight is 296 g/mol. The van der Waals surface area contributed by atoms with E-state index in [9.17, 15) is 0 Å². The largest absolute Gasteiger partial charge is 0.460 e. The second-order valence-corrected chi connectivity index (χ2v) is 5.21. The van der Waals surface area contributed by atoms with Crippen molar-refractivity contribution in [2.75, 3.05) is 0 Å². The number of nitrogens with zero attached hydrogens (tertiary/aromatic N) is 2. The zero-order valence-electron chi connectivity index (χ0n) is 9.61. The van der Waals surface area contributed by atoms with E-state index in [1.54, 1.807) is 0 Å². The monoisotopic (exact) mass is 295 g/mol. The van der Waals surface area contributed by atoms with Crippen molar-refractivity contribution in [3.05, 3.63) is 28.3 Å². The van der Waals surface area contributed by atoms with Gasteiger partial charge in [0.25, 0.3) is 0 Å². The average Bonchev–Trinajstić information content (AvgIpc) is 2.84. The molecule has 4 nitrogen and oxygen atoms in total. The molecule has 2 N–H and O–H groups in total. The number of hydrogen-bond acceptors (Lipinski definition) is 3. The quantitative estimate of drug-likeness (QED) is 0.879. The van der Waals surface area contributed by atoms with Crippen LogP contribution in [0.25, 0.3) is 11.5 Å². The summed E-state index contributed by atoms with van der Waals surface area (Å²) in [6.45, 7) is 2.76. The van der Waals surface area contributed by atoms with Crippen molar-refractivity contribution in [2.45, 2.75) is 32.4 Å². The lowest BCUT2D eigenvalue weighted by Crippen LogP contribution is -2.31. The summed E-state index contributed by atoms with van der Waals surface area (Å²) >= 11 is 3.49. The zero-order valence-corrected chi connectivity index (χ0v) is 11.2. The molecular weight excluding hydrogens is 282 g/mol. The maximum absolute atomic E-state index is 5.98. The van der Waals surface area contributed by atoms with E-state index < -0.39 is 0 Å². The molecule has 1 atom stereocenters. The van der Waals surface area contributed by atoms with Crippen LogP contribution >= 0.6 is 15.9 Å². The van der Waals surface area contributed by atoms with Crippen molar-refractivity contribution in [2.24, 2.45) is 5.73 Å². The Bertz CT molecular complexity index is 558. The molecule has 3 rings (SSSR count). The van der Waals surface area contributed by atoms with Crippen LogP contribution < -0.4 is 5.73 Å². The highest BCUT2D eigenvalue weighted by Gasteiger charge is 2.24. The minimum absolute atomic E-state index is 0.221. The van der Waals surface area contributed by atoms with Gasteiger partial charge in [-0.3, -0.25) is 0 Å². The number of halogens is 1. The van der Waals surface area contributed by atoms with Gasteiger partial charge in [0.2, 0.25) is 0 Å². The van der Waals surface area contributed by atoms with Gasteiger partial charge in [-0.25, -0.2) is 4.98 Å². The summed E-state index contributed by atoms with van der Waals surface area (Å²) in [6.07, 6.45) is 1.96. The van der Waals surface area contributed by atoms with Crippen LogP contribution in [-0.4, -0.2) is 15.6 Å². The van der Waals surface area contributed by atoms with Crippen LogP contribution in [0.1, 0.15) is 17.9 Å². The lowest BCUT2D eigenvalue weighted by atomic mass is 10.0. The molecule has 3 heterocycles. The molecule has 0 aliphatic carbocycles. The Morgan fingerprint density at radius 3 is 3.06 bits per heavy atom. The third-order valence-electron chi connectivity index (χ3n) is 3.17. The van der Waals surface area contributed by atoms with Gasteiger partial charge in [-0.1, -0.05) is 0 Å². The van der Waals surface area contributed by atoms with E-state index in [4.69, 9.17) is 10.2 Å². The molecule has 2 aromatic heterocycles. The minimum Gasteiger partial charge on any atom is -0.460 e. The number of aryl methyl sites for hydroxylation is 1. The fourth-order valence-corrected chi connectivity index (χ4v) is 2.84. The van der Waals surface area contributed by atoms with Crippen molar-refractivity contribution in [3.63, 3.8) is 0 Å². The molecule has 1 aliphatic rings. The summed E-state index contributed by atoms with van der Waals surface area (Å²) in [5, 5.41) is 0. The topological polar surface area (TPSA) is 57.0 Å². The van der Waals surface area contributed by atoms with Crippen LogP contribution in [0.5, 0.6) is 0 Å². The summed E-state index contributed by atoms with van der Waals surface area (Å²) in [5.41, 5.74) is 8.13. The fourth-order valence-electron chi connectivity index (χ4n) is 2.30. The zero-order chi connectivity index (χ0) is 12.0. The normalized spacial score (nSPS) is 19.4.